The molecule has 8 heteroatoms. The summed E-state index contributed by atoms with van der Waals surface area (Å²) in [5.41, 5.74) is 5.52. The molecule has 41 heavy (non-hydrogen) atoms. The summed E-state index contributed by atoms with van der Waals surface area (Å²) in [6.07, 6.45) is 1.11. The van der Waals surface area contributed by atoms with Gasteiger partial charge in [-0.25, -0.2) is 4.98 Å². The third kappa shape index (κ3) is 5.44. The van der Waals surface area contributed by atoms with E-state index in [4.69, 9.17) is 14.5 Å². The topological polar surface area (TPSA) is 76.9 Å². The van der Waals surface area contributed by atoms with Crippen LogP contribution in [-0.2, 0) is 27.3 Å². The van der Waals surface area contributed by atoms with E-state index in [0.29, 0.717) is 25.3 Å². The zero-order valence-electron chi connectivity index (χ0n) is 24.5. The quantitative estimate of drug-likeness (QED) is 0.259. The Balaban J connectivity index is 1.54. The van der Waals surface area contributed by atoms with Crippen LogP contribution in [0.2, 0.25) is 0 Å². The average molecular weight is 555 g/mol. The highest BCUT2D eigenvalue weighted by Crippen LogP contribution is 2.37. The largest absolute Gasteiger partial charge is 0.495 e. The minimum absolute atomic E-state index is 0.00674. The number of aromatic nitrogens is 2. The molecule has 1 aliphatic rings. The van der Waals surface area contributed by atoms with E-state index in [1.54, 1.807) is 19.1 Å². The van der Waals surface area contributed by atoms with E-state index in [9.17, 15) is 9.59 Å². The van der Waals surface area contributed by atoms with Crippen molar-refractivity contribution in [1.82, 2.24) is 9.55 Å². The molecule has 0 aliphatic carbocycles. The van der Waals surface area contributed by atoms with Crippen molar-refractivity contribution in [3.05, 3.63) is 83.7 Å². The van der Waals surface area contributed by atoms with Gasteiger partial charge in [0.25, 0.3) is 0 Å². The lowest BCUT2D eigenvalue weighted by Gasteiger charge is -2.32. The van der Waals surface area contributed by atoms with Gasteiger partial charge in [-0.1, -0.05) is 49.4 Å². The molecular formula is C33H38N4O4. The Kier molecular flexibility index (Phi) is 8.40. The van der Waals surface area contributed by atoms with Gasteiger partial charge in [0.05, 0.1) is 42.2 Å². The van der Waals surface area contributed by atoms with Crippen molar-refractivity contribution in [2.45, 2.75) is 52.1 Å². The van der Waals surface area contributed by atoms with E-state index in [0.717, 1.165) is 45.8 Å². The molecule has 2 heterocycles. The highest BCUT2D eigenvalue weighted by Gasteiger charge is 2.37. The molecule has 1 saturated heterocycles. The summed E-state index contributed by atoms with van der Waals surface area (Å²) in [6, 6.07) is 21.4. The number of imidazole rings is 1. The van der Waals surface area contributed by atoms with Crippen LogP contribution in [0.25, 0.3) is 11.0 Å². The van der Waals surface area contributed by atoms with Gasteiger partial charge in [0.2, 0.25) is 11.8 Å². The number of ether oxygens (including phenoxy) is 2. The van der Waals surface area contributed by atoms with Crippen molar-refractivity contribution >= 4 is 34.2 Å². The van der Waals surface area contributed by atoms with E-state index in [1.165, 1.54) is 0 Å². The van der Waals surface area contributed by atoms with Gasteiger partial charge in [-0.2, -0.15) is 0 Å². The van der Waals surface area contributed by atoms with Crippen molar-refractivity contribution in [2.24, 2.45) is 0 Å². The number of methoxy groups -OCH3 is 2. The van der Waals surface area contributed by atoms with E-state index >= 15 is 0 Å². The van der Waals surface area contributed by atoms with Crippen LogP contribution < -0.4 is 14.5 Å². The number of aryl methyl sites for hydroxylation is 2. The van der Waals surface area contributed by atoms with E-state index in [1.807, 2.05) is 84.0 Å². The number of benzene rings is 3. The molecule has 2 amide bonds. The molecule has 0 unspecified atom stereocenters. The summed E-state index contributed by atoms with van der Waals surface area (Å²) < 4.78 is 13.0. The molecule has 5 rings (SSSR count). The third-order valence-electron chi connectivity index (χ3n) is 7.90. The van der Waals surface area contributed by atoms with Crippen molar-refractivity contribution in [1.29, 1.82) is 0 Å². The molecule has 1 aliphatic heterocycles. The van der Waals surface area contributed by atoms with Gasteiger partial charge in [0.15, 0.2) is 0 Å². The molecule has 1 aromatic heterocycles. The van der Waals surface area contributed by atoms with Crippen LogP contribution in [0.4, 0.5) is 11.4 Å². The van der Waals surface area contributed by atoms with Crippen LogP contribution in [-0.4, -0.2) is 54.8 Å². The molecule has 2 atom stereocenters. The zero-order chi connectivity index (χ0) is 29.1. The van der Waals surface area contributed by atoms with Crippen molar-refractivity contribution in [3.63, 3.8) is 0 Å². The van der Waals surface area contributed by atoms with Crippen molar-refractivity contribution < 1.29 is 19.1 Å². The van der Waals surface area contributed by atoms with E-state index in [-0.39, 0.29) is 30.3 Å². The molecule has 0 saturated carbocycles. The Labute approximate surface area is 241 Å². The first-order chi connectivity index (χ1) is 19.9. The molecule has 8 nitrogen and oxygen atoms in total. The lowest BCUT2D eigenvalue weighted by molar-refractivity contribution is -0.120. The minimum atomic E-state index is -0.179. The molecule has 0 radical (unpaired) electrons. The summed E-state index contributed by atoms with van der Waals surface area (Å²) in [6.45, 7) is 7.13. The summed E-state index contributed by atoms with van der Waals surface area (Å²) in [5.74, 6) is 1.17. The molecule has 4 aromatic rings. The molecule has 0 spiro atoms. The fourth-order valence-electron chi connectivity index (χ4n) is 6.01. The predicted octanol–water partition coefficient (Wildman–Crippen LogP) is 5.50. The number of hydrogen-bond donors (Lipinski definition) is 0. The number of para-hydroxylation sites is 5. The Morgan fingerprint density at radius 2 is 1.83 bits per heavy atom. The standard InChI is InChI=1S/C33H38N4O4/c1-6-24-13-11-12-22(2)32(24)37(23(3)21-40-4)31(39)20-36-27-15-8-7-14-26(27)34-33(36)25-18-30(38)35(19-25)28-16-9-10-17-29(28)41-5/h7-17,23,25H,6,18-21H2,1-5H3/t23-,25+/m1/s1. The lowest BCUT2D eigenvalue weighted by Crippen LogP contribution is -2.44. The van der Waals surface area contributed by atoms with Gasteiger partial charge in [-0.3, -0.25) is 9.59 Å². The van der Waals surface area contributed by atoms with Crippen molar-refractivity contribution in [3.8, 4) is 5.75 Å². The molecule has 214 valence electrons. The van der Waals surface area contributed by atoms with Crippen LogP contribution in [0, 0.1) is 6.92 Å². The number of carbonyl (C=O) groups is 2. The number of fused-ring (bicyclic) bond motifs is 1. The maximum atomic E-state index is 14.3. The minimum Gasteiger partial charge on any atom is -0.495 e. The summed E-state index contributed by atoms with van der Waals surface area (Å²) >= 11 is 0. The fraction of sp³-hybridized carbons (Fsp3) is 0.364. The molecule has 3 aromatic carbocycles. The maximum Gasteiger partial charge on any atom is 0.247 e. The number of rotatable bonds is 10. The molecular weight excluding hydrogens is 516 g/mol. The van der Waals surface area contributed by atoms with Crippen LogP contribution >= 0.6 is 0 Å². The number of carbonyl (C=O) groups excluding carboxylic acids is 2. The second-order valence-electron chi connectivity index (χ2n) is 10.6. The monoisotopic (exact) mass is 554 g/mol. The SMILES string of the molecule is CCc1cccc(C)c1N(C(=O)Cn1c([C@H]2CC(=O)N(c3ccccc3OC)C2)nc2ccccc21)[C@H](C)COC. The Morgan fingerprint density at radius 1 is 1.07 bits per heavy atom. The number of hydrogen-bond acceptors (Lipinski definition) is 5. The first kappa shape index (κ1) is 28.4. The zero-order valence-corrected chi connectivity index (χ0v) is 24.5. The highest BCUT2D eigenvalue weighted by atomic mass is 16.5. The molecule has 0 bridgehead atoms. The first-order valence-electron chi connectivity index (χ1n) is 14.2. The van der Waals surface area contributed by atoms with Crippen LogP contribution in [0.1, 0.15) is 43.1 Å². The Hall–Kier alpha value is -4.17. The van der Waals surface area contributed by atoms with Gasteiger partial charge in [0, 0.05) is 26.0 Å². The van der Waals surface area contributed by atoms with E-state index in [2.05, 4.69) is 13.0 Å². The van der Waals surface area contributed by atoms with Gasteiger partial charge in [0.1, 0.15) is 18.1 Å². The number of anilines is 2. The highest BCUT2D eigenvalue weighted by molar-refractivity contribution is 5.98. The van der Waals surface area contributed by atoms with Crippen LogP contribution in [0.3, 0.4) is 0 Å². The average Bonchev–Trinajstić information content (AvgIpc) is 3.54. The number of amides is 2. The third-order valence-corrected chi connectivity index (χ3v) is 7.90. The predicted molar refractivity (Wildman–Crippen MR) is 162 cm³/mol. The van der Waals surface area contributed by atoms with Gasteiger partial charge < -0.3 is 23.8 Å². The van der Waals surface area contributed by atoms with Gasteiger partial charge in [-0.05, 0) is 55.7 Å². The molecule has 0 N–H and O–H groups in total. The van der Waals surface area contributed by atoms with E-state index < -0.39 is 0 Å². The Bertz CT molecular complexity index is 1560. The van der Waals surface area contributed by atoms with Crippen LogP contribution in [0.15, 0.2) is 66.7 Å². The van der Waals surface area contributed by atoms with Crippen molar-refractivity contribution in [2.75, 3.05) is 37.2 Å². The molecule has 1 fully saturated rings. The summed E-state index contributed by atoms with van der Waals surface area (Å²) in [4.78, 5) is 36.2. The maximum absolute atomic E-state index is 14.3. The second-order valence-corrected chi connectivity index (χ2v) is 10.6. The van der Waals surface area contributed by atoms with Gasteiger partial charge in [-0.15, -0.1) is 0 Å². The fourth-order valence-corrected chi connectivity index (χ4v) is 6.01. The second kappa shape index (κ2) is 12.1. The van der Waals surface area contributed by atoms with Gasteiger partial charge >= 0.3 is 0 Å². The van der Waals surface area contributed by atoms with Crippen LogP contribution in [0.5, 0.6) is 5.75 Å². The normalized spacial score (nSPS) is 15.9. The lowest BCUT2D eigenvalue weighted by atomic mass is 10.0. The smallest absolute Gasteiger partial charge is 0.247 e. The Morgan fingerprint density at radius 3 is 2.59 bits per heavy atom. The summed E-state index contributed by atoms with van der Waals surface area (Å²) in [7, 11) is 3.26. The number of nitrogens with zero attached hydrogens (tertiary/aromatic N) is 4. The first-order valence-corrected chi connectivity index (χ1v) is 14.2. The summed E-state index contributed by atoms with van der Waals surface area (Å²) in [5, 5.41) is 0.